The van der Waals surface area contributed by atoms with Gasteiger partial charge in [-0.15, -0.1) is 0 Å². The van der Waals surface area contributed by atoms with E-state index in [9.17, 15) is 0 Å². The summed E-state index contributed by atoms with van der Waals surface area (Å²) >= 11 is 3.96. The lowest BCUT2D eigenvalue weighted by Crippen LogP contribution is -1.89. The molecule has 0 unspecified atom stereocenters. The zero-order chi connectivity index (χ0) is 32.7. The van der Waals surface area contributed by atoms with Crippen LogP contribution in [0.3, 0.4) is 0 Å². The Hall–Kier alpha value is -6.04. The molecule has 49 heavy (non-hydrogen) atoms. The molecular weight excluding hydrogens is 664 g/mol. The molecule has 0 atom stereocenters. The van der Waals surface area contributed by atoms with Gasteiger partial charge in [-0.3, -0.25) is 0 Å². The van der Waals surface area contributed by atoms with Gasteiger partial charge in [0.15, 0.2) is 0 Å². The Morgan fingerprint density at radius 2 is 0.714 bits per heavy atom. The van der Waals surface area contributed by atoms with Gasteiger partial charge in [0, 0.05) is 43.3 Å². The number of halogens is 1. The third-order valence-electron chi connectivity index (χ3n) is 9.07. The molecule has 3 aromatic heterocycles. The highest BCUT2D eigenvalue weighted by Crippen LogP contribution is 2.40. The third kappa shape index (κ3) is 5.25. The SMILES string of the molecule is Brc1cc2[nH]c1c(-c1ccccc1)c1nc(c(-c3ccccc3)c3ccc([nH]3)c(-c3ccccc3)c3nc(c2-c2ccccc2)C=C3)C=C1. The normalized spacial score (nSPS) is 12.0. The van der Waals surface area contributed by atoms with Crippen molar-refractivity contribution in [2.24, 2.45) is 0 Å². The average molecular weight is 694 g/mol. The number of hydrogen-bond donors (Lipinski definition) is 2. The van der Waals surface area contributed by atoms with Crippen LogP contribution in [0.4, 0.5) is 0 Å². The van der Waals surface area contributed by atoms with E-state index in [0.29, 0.717) is 0 Å². The first-order chi connectivity index (χ1) is 24.2. The van der Waals surface area contributed by atoms with E-state index in [1.807, 2.05) is 24.3 Å². The molecule has 7 aromatic rings. The van der Waals surface area contributed by atoms with Gasteiger partial charge in [-0.1, -0.05) is 121 Å². The summed E-state index contributed by atoms with van der Waals surface area (Å²) in [5.74, 6) is 0. The summed E-state index contributed by atoms with van der Waals surface area (Å²) in [6.45, 7) is 0. The van der Waals surface area contributed by atoms with E-state index in [1.54, 1.807) is 0 Å². The minimum Gasteiger partial charge on any atom is -0.354 e. The number of nitrogens with one attached hydrogen (secondary N) is 2. The van der Waals surface area contributed by atoms with Crippen molar-refractivity contribution in [3.05, 3.63) is 167 Å². The lowest BCUT2D eigenvalue weighted by atomic mass is 10.0. The van der Waals surface area contributed by atoms with E-state index < -0.39 is 0 Å². The lowest BCUT2D eigenvalue weighted by Gasteiger charge is -2.07. The maximum atomic E-state index is 5.37. The Bertz CT molecular complexity index is 2580. The fourth-order valence-electron chi connectivity index (χ4n) is 6.88. The van der Waals surface area contributed by atoms with Crippen molar-refractivity contribution >= 4 is 62.3 Å². The molecule has 4 aromatic carbocycles. The number of nitrogens with zero attached hydrogens (tertiary/aromatic N) is 2. The number of hydrogen-bond acceptors (Lipinski definition) is 2. The average Bonchev–Trinajstić information content (AvgIpc) is 3.98. The molecule has 2 aliphatic heterocycles. The summed E-state index contributed by atoms with van der Waals surface area (Å²) in [6, 6.07) is 48.4. The number of aromatic amines is 2. The van der Waals surface area contributed by atoms with E-state index in [0.717, 1.165) is 93.8 Å². The Morgan fingerprint density at radius 1 is 0.367 bits per heavy atom. The fraction of sp³-hybridized carbons (Fsp3) is 0. The van der Waals surface area contributed by atoms with Crippen LogP contribution >= 0.6 is 15.9 Å². The smallest absolute Gasteiger partial charge is 0.0737 e. The van der Waals surface area contributed by atoms with Gasteiger partial charge in [0.2, 0.25) is 0 Å². The monoisotopic (exact) mass is 692 g/mol. The van der Waals surface area contributed by atoms with Crippen molar-refractivity contribution in [3.63, 3.8) is 0 Å². The molecule has 0 radical (unpaired) electrons. The Morgan fingerprint density at radius 3 is 1.12 bits per heavy atom. The number of aromatic nitrogens is 4. The lowest BCUT2D eigenvalue weighted by molar-refractivity contribution is 1.31. The number of fused-ring (bicyclic) bond motifs is 8. The van der Waals surface area contributed by atoms with Gasteiger partial charge in [0.25, 0.3) is 0 Å². The van der Waals surface area contributed by atoms with E-state index in [4.69, 9.17) is 9.97 Å². The molecule has 0 saturated heterocycles. The first kappa shape index (κ1) is 29.1. The van der Waals surface area contributed by atoms with Crippen molar-refractivity contribution in [2.75, 3.05) is 0 Å². The highest BCUT2D eigenvalue weighted by Gasteiger charge is 2.19. The zero-order valence-electron chi connectivity index (χ0n) is 26.4. The summed E-state index contributed by atoms with van der Waals surface area (Å²) in [7, 11) is 0. The highest BCUT2D eigenvalue weighted by atomic mass is 79.9. The van der Waals surface area contributed by atoms with Gasteiger partial charge < -0.3 is 9.97 Å². The van der Waals surface area contributed by atoms with Crippen molar-refractivity contribution in [3.8, 4) is 44.5 Å². The highest BCUT2D eigenvalue weighted by molar-refractivity contribution is 9.10. The molecule has 9 rings (SSSR count). The Labute approximate surface area is 292 Å². The Balaban J connectivity index is 1.51. The quantitative estimate of drug-likeness (QED) is 0.193. The molecular formula is C44H29BrN4. The summed E-state index contributed by atoms with van der Waals surface area (Å²) in [5, 5.41) is 0. The number of rotatable bonds is 4. The summed E-state index contributed by atoms with van der Waals surface area (Å²) in [4.78, 5) is 18.4. The molecule has 0 saturated carbocycles. The summed E-state index contributed by atoms with van der Waals surface area (Å²) < 4.78 is 0.952. The largest absolute Gasteiger partial charge is 0.354 e. The van der Waals surface area contributed by atoms with Crippen LogP contribution in [-0.4, -0.2) is 19.9 Å². The first-order valence-electron chi connectivity index (χ1n) is 16.3. The van der Waals surface area contributed by atoms with Crippen LogP contribution in [0.2, 0.25) is 0 Å². The molecule has 8 bridgehead atoms. The van der Waals surface area contributed by atoms with Gasteiger partial charge in [0.1, 0.15) is 0 Å². The molecule has 0 spiro atoms. The minimum atomic E-state index is 0.883. The second-order valence-electron chi connectivity index (χ2n) is 12.1. The maximum Gasteiger partial charge on any atom is 0.0737 e. The third-order valence-corrected chi connectivity index (χ3v) is 9.69. The van der Waals surface area contributed by atoms with E-state index >= 15 is 0 Å². The second-order valence-corrected chi connectivity index (χ2v) is 12.9. The van der Waals surface area contributed by atoms with Crippen LogP contribution < -0.4 is 0 Å². The second kappa shape index (κ2) is 12.2. The van der Waals surface area contributed by atoms with Crippen LogP contribution in [-0.2, 0) is 0 Å². The van der Waals surface area contributed by atoms with Crippen LogP contribution in [0.25, 0.3) is 90.9 Å². The maximum absolute atomic E-state index is 5.37. The van der Waals surface area contributed by atoms with Gasteiger partial charge in [-0.25, -0.2) is 9.97 Å². The van der Waals surface area contributed by atoms with E-state index in [1.165, 1.54) is 0 Å². The topological polar surface area (TPSA) is 57.4 Å². The predicted molar refractivity (Wildman–Crippen MR) is 208 cm³/mol. The van der Waals surface area contributed by atoms with Crippen molar-refractivity contribution in [1.29, 1.82) is 0 Å². The number of H-pyrrole nitrogens is 2. The molecule has 4 nitrogen and oxygen atoms in total. The van der Waals surface area contributed by atoms with Gasteiger partial charge in [-0.2, -0.15) is 0 Å². The molecule has 5 heterocycles. The van der Waals surface area contributed by atoms with Crippen LogP contribution in [0.15, 0.2) is 144 Å². The van der Waals surface area contributed by atoms with E-state index in [2.05, 4.69) is 165 Å². The van der Waals surface area contributed by atoms with Crippen LogP contribution in [0, 0.1) is 0 Å². The first-order valence-corrected chi connectivity index (χ1v) is 17.1. The van der Waals surface area contributed by atoms with Gasteiger partial charge >= 0.3 is 0 Å². The molecule has 2 aliphatic rings. The van der Waals surface area contributed by atoms with Gasteiger partial charge in [-0.05, 0) is 80.7 Å². The molecule has 0 amide bonds. The van der Waals surface area contributed by atoms with E-state index in [-0.39, 0.29) is 0 Å². The molecule has 232 valence electrons. The molecule has 2 N–H and O–H groups in total. The molecule has 5 heteroatoms. The predicted octanol–water partition coefficient (Wildman–Crippen LogP) is 12.1. The summed E-state index contributed by atoms with van der Waals surface area (Å²) in [5.41, 5.74) is 15.9. The standard InChI is InChI=1S/C44H29BrN4/c45-32-27-39-42(30-17-9-3-10-18-30)37-24-23-35(47-37)40(28-13-5-1-6-14-28)33-21-22-34(46-33)41(29-15-7-2-8-16-29)36-25-26-38(48-36)43(44(32)49-39)31-19-11-4-12-20-31/h1-27,46,49H. The fourth-order valence-corrected chi connectivity index (χ4v) is 7.40. The number of benzene rings is 4. The molecule has 0 fully saturated rings. The summed E-state index contributed by atoms with van der Waals surface area (Å²) in [6.07, 6.45) is 8.52. The van der Waals surface area contributed by atoms with Crippen molar-refractivity contribution < 1.29 is 0 Å². The minimum absolute atomic E-state index is 0.883. The van der Waals surface area contributed by atoms with Crippen LogP contribution in [0.1, 0.15) is 22.8 Å². The van der Waals surface area contributed by atoms with Gasteiger partial charge in [0.05, 0.1) is 28.3 Å². The van der Waals surface area contributed by atoms with Crippen LogP contribution in [0.5, 0.6) is 0 Å². The van der Waals surface area contributed by atoms with Crippen molar-refractivity contribution in [1.82, 2.24) is 19.9 Å². The zero-order valence-corrected chi connectivity index (χ0v) is 27.9. The Kier molecular flexibility index (Phi) is 7.25. The van der Waals surface area contributed by atoms with Crippen molar-refractivity contribution in [2.45, 2.75) is 0 Å². The molecule has 0 aliphatic carbocycles.